The maximum atomic E-state index is 12.5. The number of halogens is 2. The zero-order valence-corrected chi connectivity index (χ0v) is 17.6. The first-order valence-corrected chi connectivity index (χ1v) is 10.1. The van der Waals surface area contributed by atoms with Gasteiger partial charge in [-0.05, 0) is 60.7 Å². The highest BCUT2D eigenvalue weighted by atomic mass is 35.5. The van der Waals surface area contributed by atoms with E-state index >= 15 is 0 Å². The minimum atomic E-state index is -0.439. The number of aromatic nitrogens is 2. The molecule has 0 fully saturated rings. The Morgan fingerprint density at radius 3 is 1.47 bits per heavy atom. The molecule has 158 valence electrons. The Morgan fingerprint density at radius 2 is 1.06 bits per heavy atom. The Balaban J connectivity index is 1.27. The fourth-order valence-corrected chi connectivity index (χ4v) is 3.35. The van der Waals surface area contributed by atoms with Crippen molar-refractivity contribution in [3.05, 3.63) is 81.8 Å². The van der Waals surface area contributed by atoms with Crippen molar-refractivity contribution in [2.24, 2.45) is 0 Å². The van der Waals surface area contributed by atoms with Gasteiger partial charge >= 0.3 is 12.0 Å². The molecular weight excluding hydrogens is 455 g/mol. The second kappa shape index (κ2) is 7.99. The van der Waals surface area contributed by atoms with Crippen LogP contribution in [0.4, 0.5) is 12.0 Å². The van der Waals surface area contributed by atoms with E-state index in [1.807, 2.05) is 0 Å². The lowest BCUT2D eigenvalue weighted by Crippen LogP contribution is -2.14. The van der Waals surface area contributed by atoms with E-state index in [2.05, 4.69) is 20.6 Å². The van der Waals surface area contributed by atoms with Crippen LogP contribution in [-0.2, 0) is 0 Å². The van der Waals surface area contributed by atoms with Gasteiger partial charge in [0.05, 0.1) is 0 Å². The molecule has 0 aliphatic rings. The standard InChI is InChI=1S/C22H12Cl2N4O4/c23-13-5-7-17-15(9-13)25-21(31-17)27-19(29)11-1-2-12(4-3-11)20(30)28-22-26-16-10-14(24)6-8-18(16)32-22/h1-10H,(H,25,27,29)(H,26,28,30). The molecule has 5 rings (SSSR count). The molecule has 8 nitrogen and oxygen atoms in total. The normalized spacial score (nSPS) is 11.1. The van der Waals surface area contributed by atoms with Crippen LogP contribution < -0.4 is 10.6 Å². The van der Waals surface area contributed by atoms with Crippen LogP contribution >= 0.6 is 23.2 Å². The molecule has 0 spiro atoms. The highest BCUT2D eigenvalue weighted by Crippen LogP contribution is 2.24. The molecule has 0 aliphatic carbocycles. The van der Waals surface area contributed by atoms with Crippen molar-refractivity contribution in [1.82, 2.24) is 9.97 Å². The van der Waals surface area contributed by atoms with Gasteiger partial charge in [-0.25, -0.2) is 0 Å². The summed E-state index contributed by atoms with van der Waals surface area (Å²) in [5.41, 5.74) is 2.69. The molecule has 2 amide bonds. The Kier molecular flexibility index (Phi) is 5.01. The lowest BCUT2D eigenvalue weighted by molar-refractivity contribution is 0.101. The molecule has 0 saturated carbocycles. The number of nitrogens with zero attached hydrogens (tertiary/aromatic N) is 2. The molecule has 2 N–H and O–H groups in total. The molecule has 0 saturated heterocycles. The molecular formula is C22H12Cl2N4O4. The van der Waals surface area contributed by atoms with Crippen LogP contribution in [0.1, 0.15) is 20.7 Å². The summed E-state index contributed by atoms with van der Waals surface area (Å²) < 4.78 is 11.0. The fourth-order valence-electron chi connectivity index (χ4n) is 3.02. The third kappa shape index (κ3) is 4.01. The van der Waals surface area contributed by atoms with Gasteiger partial charge in [-0.15, -0.1) is 0 Å². The second-order valence-electron chi connectivity index (χ2n) is 6.75. The first-order valence-electron chi connectivity index (χ1n) is 9.29. The van der Waals surface area contributed by atoms with Gasteiger partial charge in [0.1, 0.15) is 11.0 Å². The number of amides is 2. The quantitative estimate of drug-likeness (QED) is 0.347. The highest BCUT2D eigenvalue weighted by Gasteiger charge is 2.15. The summed E-state index contributed by atoms with van der Waals surface area (Å²) in [6.07, 6.45) is 0. The van der Waals surface area contributed by atoms with Crippen LogP contribution in [0.3, 0.4) is 0 Å². The zero-order valence-electron chi connectivity index (χ0n) is 16.1. The number of anilines is 2. The largest absolute Gasteiger partial charge is 0.423 e. The molecule has 5 aromatic rings. The van der Waals surface area contributed by atoms with Crippen molar-refractivity contribution in [3.63, 3.8) is 0 Å². The molecule has 3 aromatic carbocycles. The minimum absolute atomic E-state index is 0.0464. The van der Waals surface area contributed by atoms with Crippen molar-refractivity contribution >= 4 is 69.2 Å². The van der Waals surface area contributed by atoms with Crippen molar-refractivity contribution < 1.29 is 18.4 Å². The number of oxazole rings is 2. The predicted octanol–water partition coefficient (Wildman–Crippen LogP) is 5.78. The van der Waals surface area contributed by atoms with Crippen molar-refractivity contribution in [2.45, 2.75) is 0 Å². The van der Waals surface area contributed by atoms with Crippen LogP contribution in [0.5, 0.6) is 0 Å². The smallest absolute Gasteiger partial charge is 0.302 e. The Bertz CT molecular complexity index is 1380. The predicted molar refractivity (Wildman–Crippen MR) is 120 cm³/mol. The van der Waals surface area contributed by atoms with Crippen LogP contribution in [0.15, 0.2) is 69.5 Å². The molecule has 2 aromatic heterocycles. The van der Waals surface area contributed by atoms with E-state index in [-0.39, 0.29) is 12.0 Å². The van der Waals surface area contributed by atoms with E-state index < -0.39 is 11.8 Å². The Hall–Kier alpha value is -3.88. The highest BCUT2D eigenvalue weighted by molar-refractivity contribution is 6.31. The van der Waals surface area contributed by atoms with E-state index in [0.29, 0.717) is 43.4 Å². The fraction of sp³-hybridized carbons (Fsp3) is 0. The van der Waals surface area contributed by atoms with E-state index in [9.17, 15) is 9.59 Å². The van der Waals surface area contributed by atoms with Crippen LogP contribution in [0, 0.1) is 0 Å². The van der Waals surface area contributed by atoms with Crippen molar-refractivity contribution in [1.29, 1.82) is 0 Å². The monoisotopic (exact) mass is 466 g/mol. The molecule has 0 bridgehead atoms. The minimum Gasteiger partial charge on any atom is -0.423 e. The summed E-state index contributed by atoms with van der Waals surface area (Å²) in [5, 5.41) is 6.18. The van der Waals surface area contributed by atoms with Gasteiger partial charge in [0.25, 0.3) is 11.8 Å². The maximum Gasteiger partial charge on any atom is 0.302 e. The number of nitrogens with one attached hydrogen (secondary N) is 2. The Morgan fingerprint density at radius 1 is 0.656 bits per heavy atom. The average molecular weight is 467 g/mol. The van der Waals surface area contributed by atoms with Gasteiger partial charge in [0, 0.05) is 21.2 Å². The third-order valence-electron chi connectivity index (χ3n) is 4.55. The molecule has 32 heavy (non-hydrogen) atoms. The van der Waals surface area contributed by atoms with E-state index in [4.69, 9.17) is 32.0 Å². The molecule has 0 unspecified atom stereocenters. The van der Waals surface area contributed by atoms with E-state index in [1.165, 1.54) is 24.3 Å². The van der Waals surface area contributed by atoms with Crippen LogP contribution in [-0.4, -0.2) is 21.8 Å². The number of hydrogen-bond donors (Lipinski definition) is 2. The van der Waals surface area contributed by atoms with Gasteiger partial charge in [-0.3, -0.25) is 20.2 Å². The molecule has 0 atom stereocenters. The van der Waals surface area contributed by atoms with Crippen LogP contribution in [0.2, 0.25) is 10.0 Å². The maximum absolute atomic E-state index is 12.5. The number of carbonyl (C=O) groups excluding carboxylic acids is 2. The number of fused-ring (bicyclic) bond motifs is 2. The number of hydrogen-bond acceptors (Lipinski definition) is 6. The average Bonchev–Trinajstić information content (AvgIpc) is 3.35. The van der Waals surface area contributed by atoms with E-state index in [1.54, 1.807) is 36.4 Å². The van der Waals surface area contributed by atoms with Crippen LogP contribution in [0.25, 0.3) is 22.2 Å². The summed E-state index contributed by atoms with van der Waals surface area (Å²) >= 11 is 11.9. The third-order valence-corrected chi connectivity index (χ3v) is 5.02. The number of benzene rings is 3. The molecule has 10 heteroatoms. The summed E-state index contributed by atoms with van der Waals surface area (Å²) in [5.74, 6) is -0.879. The summed E-state index contributed by atoms with van der Waals surface area (Å²) in [6, 6.07) is 16.1. The molecule has 0 aliphatic heterocycles. The molecule has 2 heterocycles. The summed E-state index contributed by atoms with van der Waals surface area (Å²) in [7, 11) is 0. The lowest BCUT2D eigenvalue weighted by atomic mass is 10.1. The van der Waals surface area contributed by atoms with E-state index in [0.717, 1.165) is 0 Å². The first-order chi connectivity index (χ1) is 15.4. The Labute approximate surface area is 190 Å². The van der Waals surface area contributed by atoms with Gasteiger partial charge in [0.2, 0.25) is 0 Å². The van der Waals surface area contributed by atoms with Gasteiger partial charge < -0.3 is 8.83 Å². The van der Waals surface area contributed by atoms with Gasteiger partial charge in [-0.2, -0.15) is 9.97 Å². The summed E-state index contributed by atoms with van der Waals surface area (Å²) in [6.45, 7) is 0. The molecule has 0 radical (unpaired) electrons. The SMILES string of the molecule is O=C(Nc1nc2cc(Cl)ccc2o1)c1ccc(C(=O)Nc2nc3cc(Cl)ccc3o2)cc1. The number of carbonyl (C=O) groups is 2. The van der Waals surface area contributed by atoms with Crippen molar-refractivity contribution in [2.75, 3.05) is 10.6 Å². The summed E-state index contributed by atoms with van der Waals surface area (Å²) in [4.78, 5) is 33.3. The van der Waals surface area contributed by atoms with Gasteiger partial charge in [0.15, 0.2) is 11.2 Å². The van der Waals surface area contributed by atoms with Crippen molar-refractivity contribution in [3.8, 4) is 0 Å². The number of rotatable bonds is 4. The first kappa shape index (κ1) is 20.0. The lowest BCUT2D eigenvalue weighted by Gasteiger charge is -2.03. The van der Waals surface area contributed by atoms with Gasteiger partial charge in [-0.1, -0.05) is 23.2 Å². The second-order valence-corrected chi connectivity index (χ2v) is 7.62. The topological polar surface area (TPSA) is 110 Å². The zero-order chi connectivity index (χ0) is 22.2.